The highest BCUT2D eigenvalue weighted by Gasteiger charge is 2.34. The lowest BCUT2D eigenvalue weighted by Gasteiger charge is -2.22. The smallest absolute Gasteiger partial charge is 0.328 e. The Balaban J connectivity index is 1.90. The van der Waals surface area contributed by atoms with Gasteiger partial charge in [0, 0.05) is 11.4 Å². The lowest BCUT2D eigenvalue weighted by atomic mass is 10.2. The van der Waals surface area contributed by atoms with Crippen LogP contribution in [0.1, 0.15) is 19.8 Å². The molecule has 1 aromatic rings. The third-order valence-electron chi connectivity index (χ3n) is 3.31. The molecule has 0 saturated carbocycles. The third-order valence-corrected chi connectivity index (χ3v) is 4.30. The molecular weight excluding hydrogens is 293 g/mol. The van der Waals surface area contributed by atoms with Gasteiger partial charge < -0.3 is 9.64 Å². The monoisotopic (exact) mass is 311 g/mol. The second-order valence-corrected chi connectivity index (χ2v) is 5.79. The molecule has 0 aromatic heterocycles. The summed E-state index contributed by atoms with van der Waals surface area (Å²) < 4.78 is 17.8. The van der Waals surface area contributed by atoms with Crippen LogP contribution in [0.2, 0.25) is 0 Å². The first kappa shape index (κ1) is 15.8. The van der Waals surface area contributed by atoms with Gasteiger partial charge in [0.2, 0.25) is 5.91 Å². The van der Waals surface area contributed by atoms with Crippen LogP contribution in [0.15, 0.2) is 29.2 Å². The van der Waals surface area contributed by atoms with E-state index in [9.17, 15) is 14.0 Å². The van der Waals surface area contributed by atoms with E-state index in [4.69, 9.17) is 4.74 Å². The molecule has 1 atom stereocenters. The van der Waals surface area contributed by atoms with Gasteiger partial charge in [0.1, 0.15) is 11.9 Å². The summed E-state index contributed by atoms with van der Waals surface area (Å²) in [6.45, 7) is 2.66. The van der Waals surface area contributed by atoms with Gasteiger partial charge >= 0.3 is 5.97 Å². The van der Waals surface area contributed by atoms with Crippen LogP contribution in [-0.2, 0) is 14.3 Å². The zero-order valence-corrected chi connectivity index (χ0v) is 12.7. The Hall–Kier alpha value is -1.56. The molecule has 2 rings (SSSR count). The van der Waals surface area contributed by atoms with E-state index < -0.39 is 6.04 Å². The zero-order chi connectivity index (χ0) is 15.2. The number of nitrogens with zero attached hydrogens (tertiary/aromatic N) is 1. The third kappa shape index (κ3) is 4.20. The minimum absolute atomic E-state index is 0.0834. The Kier molecular flexibility index (Phi) is 5.61. The largest absolute Gasteiger partial charge is 0.464 e. The van der Waals surface area contributed by atoms with Gasteiger partial charge in [-0.3, -0.25) is 4.79 Å². The number of thioether (sulfide) groups is 1. The maximum absolute atomic E-state index is 12.8. The number of hydrogen-bond acceptors (Lipinski definition) is 4. The lowest BCUT2D eigenvalue weighted by Crippen LogP contribution is -2.42. The molecule has 0 bridgehead atoms. The number of benzene rings is 1. The average molecular weight is 311 g/mol. The first-order chi connectivity index (χ1) is 10.1. The number of likely N-dealkylation sites (tertiary alicyclic amines) is 1. The molecule has 1 aliphatic rings. The van der Waals surface area contributed by atoms with E-state index in [1.807, 2.05) is 0 Å². The second-order valence-electron chi connectivity index (χ2n) is 4.74. The van der Waals surface area contributed by atoms with Crippen molar-refractivity contribution >= 4 is 23.6 Å². The van der Waals surface area contributed by atoms with Gasteiger partial charge in [-0.15, -0.1) is 11.8 Å². The van der Waals surface area contributed by atoms with E-state index in [1.54, 1.807) is 24.0 Å². The summed E-state index contributed by atoms with van der Waals surface area (Å²) in [5, 5.41) is 0. The number of carbonyl (C=O) groups excluding carboxylic acids is 2. The van der Waals surface area contributed by atoms with Crippen molar-refractivity contribution in [2.75, 3.05) is 18.9 Å². The number of hydrogen-bond donors (Lipinski definition) is 0. The number of ether oxygens (including phenoxy) is 1. The van der Waals surface area contributed by atoms with E-state index in [2.05, 4.69) is 0 Å². The van der Waals surface area contributed by atoms with E-state index in [0.29, 0.717) is 19.6 Å². The van der Waals surface area contributed by atoms with Crippen molar-refractivity contribution in [3.63, 3.8) is 0 Å². The van der Waals surface area contributed by atoms with Gasteiger partial charge in [0.25, 0.3) is 0 Å². The van der Waals surface area contributed by atoms with Crippen LogP contribution in [0.5, 0.6) is 0 Å². The first-order valence-electron chi connectivity index (χ1n) is 6.96. The van der Waals surface area contributed by atoms with Crippen molar-refractivity contribution in [3.8, 4) is 0 Å². The number of amides is 1. The Labute approximate surface area is 127 Å². The molecule has 1 aromatic carbocycles. The summed E-state index contributed by atoms with van der Waals surface area (Å²) in [4.78, 5) is 26.5. The van der Waals surface area contributed by atoms with Crippen LogP contribution >= 0.6 is 11.8 Å². The van der Waals surface area contributed by atoms with Gasteiger partial charge in [0.05, 0.1) is 12.4 Å². The summed E-state index contributed by atoms with van der Waals surface area (Å²) in [6.07, 6.45) is 1.47. The highest BCUT2D eigenvalue weighted by Crippen LogP contribution is 2.23. The summed E-state index contributed by atoms with van der Waals surface area (Å²) in [6, 6.07) is 5.56. The minimum atomic E-state index is -0.453. The zero-order valence-electron chi connectivity index (χ0n) is 11.9. The molecule has 1 saturated heterocycles. The highest BCUT2D eigenvalue weighted by molar-refractivity contribution is 8.00. The fraction of sp³-hybridized carbons (Fsp3) is 0.467. The van der Waals surface area contributed by atoms with E-state index in [-0.39, 0.29) is 23.4 Å². The molecule has 0 radical (unpaired) electrons. The van der Waals surface area contributed by atoms with Crippen LogP contribution in [0.3, 0.4) is 0 Å². The van der Waals surface area contributed by atoms with Crippen LogP contribution < -0.4 is 0 Å². The van der Waals surface area contributed by atoms with Crippen LogP contribution in [0, 0.1) is 5.82 Å². The molecule has 1 amide bonds. The van der Waals surface area contributed by atoms with E-state index in [1.165, 1.54) is 23.9 Å². The van der Waals surface area contributed by atoms with Gasteiger partial charge in [0.15, 0.2) is 0 Å². The van der Waals surface area contributed by atoms with Gasteiger partial charge in [-0.25, -0.2) is 9.18 Å². The maximum atomic E-state index is 12.8. The Morgan fingerprint density at radius 1 is 1.38 bits per heavy atom. The van der Waals surface area contributed by atoms with Crippen LogP contribution in [0.4, 0.5) is 4.39 Å². The topological polar surface area (TPSA) is 46.6 Å². The van der Waals surface area contributed by atoms with Gasteiger partial charge in [-0.2, -0.15) is 0 Å². The van der Waals surface area contributed by atoms with Crippen molar-refractivity contribution in [3.05, 3.63) is 30.1 Å². The molecule has 1 unspecified atom stereocenters. The van der Waals surface area contributed by atoms with Crippen LogP contribution in [0.25, 0.3) is 0 Å². The molecule has 0 aliphatic carbocycles. The fourth-order valence-electron chi connectivity index (χ4n) is 2.31. The second kappa shape index (κ2) is 7.45. The molecule has 4 nitrogen and oxygen atoms in total. The number of carbonyl (C=O) groups is 2. The molecule has 0 spiro atoms. The molecule has 1 aliphatic heterocycles. The Bertz CT molecular complexity index is 506. The minimum Gasteiger partial charge on any atom is -0.464 e. The molecule has 0 N–H and O–H groups in total. The molecule has 6 heteroatoms. The van der Waals surface area contributed by atoms with Crippen LogP contribution in [-0.4, -0.2) is 41.7 Å². The molecule has 114 valence electrons. The number of halogens is 1. The van der Waals surface area contributed by atoms with Gasteiger partial charge in [-0.1, -0.05) is 0 Å². The number of rotatable bonds is 5. The van der Waals surface area contributed by atoms with Gasteiger partial charge in [-0.05, 0) is 44.0 Å². The van der Waals surface area contributed by atoms with Crippen molar-refractivity contribution in [1.29, 1.82) is 0 Å². The quantitative estimate of drug-likeness (QED) is 0.619. The fourth-order valence-corrected chi connectivity index (χ4v) is 3.09. The van der Waals surface area contributed by atoms with Crippen molar-refractivity contribution in [1.82, 2.24) is 4.90 Å². The molecule has 1 heterocycles. The van der Waals surface area contributed by atoms with E-state index in [0.717, 1.165) is 11.3 Å². The Morgan fingerprint density at radius 2 is 2.10 bits per heavy atom. The predicted molar refractivity (Wildman–Crippen MR) is 78.5 cm³/mol. The number of esters is 1. The summed E-state index contributed by atoms with van der Waals surface area (Å²) in [7, 11) is 0. The average Bonchev–Trinajstić information content (AvgIpc) is 2.96. The lowest BCUT2D eigenvalue weighted by molar-refractivity contribution is -0.152. The highest BCUT2D eigenvalue weighted by atomic mass is 32.2. The summed E-state index contributed by atoms with van der Waals surface area (Å²) in [5.41, 5.74) is 0. The van der Waals surface area contributed by atoms with Crippen molar-refractivity contribution < 1.29 is 18.7 Å². The maximum Gasteiger partial charge on any atom is 0.328 e. The van der Waals surface area contributed by atoms with Crippen molar-refractivity contribution in [2.24, 2.45) is 0 Å². The predicted octanol–water partition coefficient (Wildman–Crippen LogP) is 2.47. The molecular formula is C15H18FNO3S. The Morgan fingerprint density at radius 3 is 2.76 bits per heavy atom. The van der Waals surface area contributed by atoms with E-state index >= 15 is 0 Å². The standard InChI is InChI=1S/C15H18FNO3S/c1-2-20-15(19)13-4-3-9-17(13)14(18)10-21-12-7-5-11(16)6-8-12/h5-8,13H,2-4,9-10H2,1H3. The normalized spacial score (nSPS) is 17.8. The van der Waals surface area contributed by atoms with Crippen molar-refractivity contribution in [2.45, 2.75) is 30.7 Å². The SMILES string of the molecule is CCOC(=O)C1CCCN1C(=O)CSc1ccc(F)cc1. The molecule has 1 fully saturated rings. The summed E-state index contributed by atoms with van der Waals surface area (Å²) >= 11 is 1.34. The first-order valence-corrected chi connectivity index (χ1v) is 7.95. The molecule has 21 heavy (non-hydrogen) atoms. The summed E-state index contributed by atoms with van der Waals surface area (Å²) in [5.74, 6) is -0.468.